The van der Waals surface area contributed by atoms with E-state index in [-0.39, 0.29) is 0 Å². The fourth-order valence-electron chi connectivity index (χ4n) is 2.23. The van der Waals surface area contributed by atoms with Gasteiger partial charge in [-0.05, 0) is 24.7 Å². The van der Waals surface area contributed by atoms with Crippen LogP contribution in [0.25, 0.3) is 0 Å². The first-order valence-electron chi connectivity index (χ1n) is 4.82. The van der Waals surface area contributed by atoms with Crippen molar-refractivity contribution in [3.8, 4) is 0 Å². The van der Waals surface area contributed by atoms with Gasteiger partial charge in [-0.25, -0.2) is 0 Å². The van der Waals surface area contributed by atoms with E-state index in [9.17, 15) is 5.11 Å². The van der Waals surface area contributed by atoms with Crippen LogP contribution < -0.4 is 0 Å². The second kappa shape index (κ2) is 3.75. The Morgan fingerprint density at radius 1 is 1.33 bits per heavy atom. The van der Waals surface area contributed by atoms with Crippen molar-refractivity contribution in [1.82, 2.24) is 0 Å². The average molecular weight is 172 g/mol. The fraction of sp³-hybridized carbons (Fsp3) is 1.00. The van der Waals surface area contributed by atoms with E-state index in [0.717, 1.165) is 12.8 Å². The van der Waals surface area contributed by atoms with Crippen LogP contribution in [0.5, 0.6) is 0 Å². The standard InChI is InChI=1S/C10H20O2/c1-8-5-4-6-9(2)10(8,11)7-12-3/h8-9,11H,4-7H2,1-3H3. The Morgan fingerprint density at radius 3 is 2.25 bits per heavy atom. The van der Waals surface area contributed by atoms with Gasteiger partial charge in [-0.3, -0.25) is 0 Å². The molecule has 2 nitrogen and oxygen atoms in total. The number of ether oxygens (including phenoxy) is 1. The number of hydrogen-bond acceptors (Lipinski definition) is 2. The molecule has 0 heterocycles. The van der Waals surface area contributed by atoms with Gasteiger partial charge in [0.1, 0.15) is 0 Å². The van der Waals surface area contributed by atoms with E-state index < -0.39 is 5.60 Å². The van der Waals surface area contributed by atoms with Crippen molar-refractivity contribution < 1.29 is 9.84 Å². The highest BCUT2D eigenvalue weighted by atomic mass is 16.5. The van der Waals surface area contributed by atoms with Crippen molar-refractivity contribution in [2.45, 2.75) is 38.7 Å². The molecule has 72 valence electrons. The Morgan fingerprint density at radius 2 is 1.83 bits per heavy atom. The molecule has 2 unspecified atom stereocenters. The molecule has 2 heteroatoms. The first kappa shape index (κ1) is 10.0. The molecule has 1 aliphatic rings. The van der Waals surface area contributed by atoms with Gasteiger partial charge in [-0.1, -0.05) is 20.3 Å². The van der Waals surface area contributed by atoms with E-state index in [1.807, 2.05) is 0 Å². The monoisotopic (exact) mass is 172 g/mol. The van der Waals surface area contributed by atoms with Crippen molar-refractivity contribution in [2.75, 3.05) is 13.7 Å². The fourth-order valence-corrected chi connectivity index (χ4v) is 2.23. The second-order valence-electron chi connectivity index (χ2n) is 4.16. The minimum Gasteiger partial charge on any atom is -0.387 e. The maximum absolute atomic E-state index is 10.3. The molecule has 0 saturated heterocycles. The molecule has 1 saturated carbocycles. The van der Waals surface area contributed by atoms with E-state index in [1.54, 1.807) is 7.11 Å². The van der Waals surface area contributed by atoms with Gasteiger partial charge in [0.05, 0.1) is 12.2 Å². The Balaban J connectivity index is 2.66. The maximum Gasteiger partial charge on any atom is 0.0930 e. The van der Waals surface area contributed by atoms with Gasteiger partial charge in [-0.2, -0.15) is 0 Å². The molecule has 0 radical (unpaired) electrons. The molecule has 1 rings (SSSR count). The largest absolute Gasteiger partial charge is 0.387 e. The van der Waals surface area contributed by atoms with Gasteiger partial charge in [0.2, 0.25) is 0 Å². The molecule has 2 atom stereocenters. The van der Waals surface area contributed by atoms with E-state index in [4.69, 9.17) is 4.74 Å². The molecule has 0 amide bonds. The van der Waals surface area contributed by atoms with Crippen molar-refractivity contribution in [1.29, 1.82) is 0 Å². The smallest absolute Gasteiger partial charge is 0.0930 e. The minimum atomic E-state index is -0.576. The van der Waals surface area contributed by atoms with Crippen LogP contribution in [-0.4, -0.2) is 24.4 Å². The van der Waals surface area contributed by atoms with E-state index in [2.05, 4.69) is 13.8 Å². The highest BCUT2D eigenvalue weighted by molar-refractivity contribution is 4.92. The highest BCUT2D eigenvalue weighted by Crippen LogP contribution is 2.37. The van der Waals surface area contributed by atoms with Gasteiger partial charge >= 0.3 is 0 Å². The molecule has 0 aromatic rings. The van der Waals surface area contributed by atoms with Crippen LogP contribution in [0.2, 0.25) is 0 Å². The van der Waals surface area contributed by atoms with Crippen molar-refractivity contribution >= 4 is 0 Å². The lowest BCUT2D eigenvalue weighted by Crippen LogP contribution is -2.49. The Bertz CT molecular complexity index is 135. The summed E-state index contributed by atoms with van der Waals surface area (Å²) in [5.74, 6) is 0.752. The van der Waals surface area contributed by atoms with Gasteiger partial charge < -0.3 is 9.84 Å². The van der Waals surface area contributed by atoms with Crippen LogP contribution >= 0.6 is 0 Å². The first-order chi connectivity index (χ1) is 5.61. The lowest BCUT2D eigenvalue weighted by atomic mass is 9.70. The second-order valence-corrected chi connectivity index (χ2v) is 4.16. The van der Waals surface area contributed by atoms with Crippen LogP contribution in [0.15, 0.2) is 0 Å². The summed E-state index contributed by atoms with van der Waals surface area (Å²) < 4.78 is 5.08. The predicted octanol–water partition coefficient (Wildman–Crippen LogP) is 1.82. The summed E-state index contributed by atoms with van der Waals surface area (Å²) in [7, 11) is 1.66. The zero-order valence-electron chi connectivity index (χ0n) is 8.34. The molecule has 0 aromatic carbocycles. The van der Waals surface area contributed by atoms with Crippen LogP contribution in [-0.2, 0) is 4.74 Å². The molecule has 0 spiro atoms. The summed E-state index contributed by atoms with van der Waals surface area (Å²) in [5, 5.41) is 10.3. The minimum absolute atomic E-state index is 0.376. The third-order valence-electron chi connectivity index (χ3n) is 3.36. The number of rotatable bonds is 2. The molecular formula is C10H20O2. The molecule has 1 fully saturated rings. The molecule has 1 N–H and O–H groups in total. The summed E-state index contributed by atoms with van der Waals surface area (Å²) in [6, 6.07) is 0. The van der Waals surface area contributed by atoms with E-state index >= 15 is 0 Å². The van der Waals surface area contributed by atoms with Gasteiger partial charge in [0, 0.05) is 7.11 Å². The SMILES string of the molecule is COCC1(O)C(C)CCCC1C. The van der Waals surface area contributed by atoms with Crippen LogP contribution in [0.4, 0.5) is 0 Å². The highest BCUT2D eigenvalue weighted by Gasteiger charge is 2.41. The molecular weight excluding hydrogens is 152 g/mol. The van der Waals surface area contributed by atoms with Crippen molar-refractivity contribution in [3.63, 3.8) is 0 Å². The van der Waals surface area contributed by atoms with Crippen molar-refractivity contribution in [3.05, 3.63) is 0 Å². The van der Waals surface area contributed by atoms with Gasteiger partial charge in [0.25, 0.3) is 0 Å². The summed E-state index contributed by atoms with van der Waals surface area (Å²) >= 11 is 0. The lowest BCUT2D eigenvalue weighted by molar-refractivity contribution is -0.123. The summed E-state index contributed by atoms with van der Waals surface area (Å²) in [6.07, 6.45) is 3.50. The van der Waals surface area contributed by atoms with Crippen LogP contribution in [0.1, 0.15) is 33.1 Å². The Kier molecular flexibility index (Phi) is 3.13. The number of aliphatic hydroxyl groups is 1. The lowest BCUT2D eigenvalue weighted by Gasteiger charge is -2.42. The van der Waals surface area contributed by atoms with E-state index in [0.29, 0.717) is 18.4 Å². The Hall–Kier alpha value is -0.0800. The molecule has 1 aliphatic carbocycles. The molecule has 0 aliphatic heterocycles. The number of hydrogen-bond donors (Lipinski definition) is 1. The maximum atomic E-state index is 10.3. The zero-order valence-corrected chi connectivity index (χ0v) is 8.34. The van der Waals surface area contributed by atoms with Gasteiger partial charge in [0.15, 0.2) is 0 Å². The number of methoxy groups -OCH3 is 1. The normalized spacial score (nSPS) is 43.0. The zero-order chi connectivity index (χ0) is 9.19. The van der Waals surface area contributed by atoms with Crippen LogP contribution in [0, 0.1) is 11.8 Å². The summed E-state index contributed by atoms with van der Waals surface area (Å²) in [4.78, 5) is 0. The molecule has 12 heavy (non-hydrogen) atoms. The Labute approximate surface area is 74.9 Å². The third kappa shape index (κ3) is 1.64. The third-order valence-corrected chi connectivity index (χ3v) is 3.36. The topological polar surface area (TPSA) is 29.5 Å². The van der Waals surface area contributed by atoms with E-state index in [1.165, 1.54) is 6.42 Å². The predicted molar refractivity (Wildman–Crippen MR) is 49.0 cm³/mol. The molecule has 0 aromatic heterocycles. The van der Waals surface area contributed by atoms with Crippen LogP contribution in [0.3, 0.4) is 0 Å². The van der Waals surface area contributed by atoms with Crippen molar-refractivity contribution in [2.24, 2.45) is 11.8 Å². The van der Waals surface area contributed by atoms with Gasteiger partial charge in [-0.15, -0.1) is 0 Å². The first-order valence-corrected chi connectivity index (χ1v) is 4.82. The summed E-state index contributed by atoms with van der Waals surface area (Å²) in [6.45, 7) is 4.72. The quantitative estimate of drug-likeness (QED) is 0.688. The molecule has 0 bridgehead atoms. The average Bonchev–Trinajstić information content (AvgIpc) is 2.02. The summed E-state index contributed by atoms with van der Waals surface area (Å²) in [5.41, 5.74) is -0.576.